The van der Waals surface area contributed by atoms with Crippen LogP contribution in [0.15, 0.2) is 35.2 Å². The summed E-state index contributed by atoms with van der Waals surface area (Å²) in [5.41, 5.74) is 1.34. The van der Waals surface area contributed by atoms with Crippen LogP contribution in [0.4, 0.5) is 11.4 Å². The van der Waals surface area contributed by atoms with Crippen LogP contribution >= 0.6 is 11.6 Å². The summed E-state index contributed by atoms with van der Waals surface area (Å²) in [5, 5.41) is 3.03. The molecule has 0 fully saturated rings. The van der Waals surface area contributed by atoms with Crippen molar-refractivity contribution in [3.63, 3.8) is 0 Å². The number of hydrogen-bond donors (Lipinski definition) is 2. The highest BCUT2D eigenvalue weighted by Gasteiger charge is 2.20. The Balaban J connectivity index is 2.42. The molecular weight excluding hydrogens is 380 g/mol. The predicted octanol–water partition coefficient (Wildman–Crippen LogP) is 3.42. The van der Waals surface area contributed by atoms with Crippen molar-refractivity contribution >= 4 is 38.9 Å². The van der Waals surface area contributed by atoms with Gasteiger partial charge in [-0.3, -0.25) is 9.52 Å². The predicted molar refractivity (Wildman–Crippen MR) is 101 cm³/mol. The van der Waals surface area contributed by atoms with E-state index in [1.165, 1.54) is 45.4 Å². The van der Waals surface area contributed by atoms with Crippen LogP contribution in [0.25, 0.3) is 0 Å². The van der Waals surface area contributed by atoms with Crippen molar-refractivity contribution in [2.24, 2.45) is 0 Å². The van der Waals surface area contributed by atoms with Crippen molar-refractivity contribution in [2.75, 3.05) is 24.3 Å². The van der Waals surface area contributed by atoms with Gasteiger partial charge in [0.1, 0.15) is 11.5 Å². The van der Waals surface area contributed by atoms with Crippen LogP contribution in [0.1, 0.15) is 12.5 Å². The smallest absolute Gasteiger partial charge is 0.262 e. The minimum absolute atomic E-state index is 0.0295. The summed E-state index contributed by atoms with van der Waals surface area (Å²) in [6.45, 7) is 3.10. The lowest BCUT2D eigenvalue weighted by molar-refractivity contribution is -0.114. The van der Waals surface area contributed by atoms with Gasteiger partial charge < -0.3 is 14.8 Å². The first-order valence-electron chi connectivity index (χ1n) is 7.50. The first kappa shape index (κ1) is 19.9. The van der Waals surface area contributed by atoms with Gasteiger partial charge in [-0.25, -0.2) is 8.42 Å². The van der Waals surface area contributed by atoms with Crippen LogP contribution in [0, 0.1) is 6.92 Å². The van der Waals surface area contributed by atoms with E-state index in [2.05, 4.69) is 10.0 Å². The standard InChI is InChI=1S/C17H19ClN2O5S/c1-10-7-15(17(25-4)9-13(10)18)20-26(22,23)12-5-6-14(19-11(2)21)16(8-12)24-3/h5-9,20H,1-4H3,(H,19,21). The van der Waals surface area contributed by atoms with Crippen molar-refractivity contribution in [1.29, 1.82) is 0 Å². The molecule has 2 aromatic rings. The minimum atomic E-state index is -3.92. The number of amides is 1. The summed E-state index contributed by atoms with van der Waals surface area (Å²) in [4.78, 5) is 11.2. The first-order chi connectivity index (χ1) is 12.2. The first-order valence-corrected chi connectivity index (χ1v) is 9.36. The third-order valence-corrected chi connectivity index (χ3v) is 5.29. The van der Waals surface area contributed by atoms with E-state index < -0.39 is 10.0 Å². The molecule has 2 N–H and O–H groups in total. The second-order valence-corrected chi connectivity index (χ2v) is 7.54. The van der Waals surface area contributed by atoms with E-state index in [1.54, 1.807) is 13.0 Å². The Hall–Kier alpha value is -2.45. The molecule has 0 aliphatic heterocycles. The summed E-state index contributed by atoms with van der Waals surface area (Å²) < 4.78 is 38.3. The molecule has 140 valence electrons. The van der Waals surface area contributed by atoms with Crippen molar-refractivity contribution in [3.8, 4) is 11.5 Å². The highest BCUT2D eigenvalue weighted by Crippen LogP contribution is 2.34. The van der Waals surface area contributed by atoms with E-state index in [1.807, 2.05) is 0 Å². The second kappa shape index (κ2) is 7.84. The molecule has 7 nitrogen and oxygen atoms in total. The maximum Gasteiger partial charge on any atom is 0.262 e. The lowest BCUT2D eigenvalue weighted by Crippen LogP contribution is -2.14. The molecule has 0 radical (unpaired) electrons. The SMILES string of the molecule is COc1cc(S(=O)(=O)Nc2cc(C)c(Cl)cc2OC)ccc1NC(C)=O. The molecule has 0 saturated carbocycles. The second-order valence-electron chi connectivity index (χ2n) is 5.45. The fourth-order valence-corrected chi connectivity index (χ4v) is 3.48. The molecular formula is C17H19ClN2O5S. The van der Waals surface area contributed by atoms with Crippen LogP contribution in [-0.4, -0.2) is 28.5 Å². The fraction of sp³-hybridized carbons (Fsp3) is 0.235. The van der Waals surface area contributed by atoms with Crippen LogP contribution in [0.3, 0.4) is 0 Å². The van der Waals surface area contributed by atoms with E-state index in [4.69, 9.17) is 21.1 Å². The van der Waals surface area contributed by atoms with Crippen molar-refractivity contribution < 1.29 is 22.7 Å². The molecule has 0 saturated heterocycles. The van der Waals surface area contributed by atoms with Gasteiger partial charge in [0, 0.05) is 24.1 Å². The molecule has 0 atom stereocenters. The summed E-state index contributed by atoms with van der Waals surface area (Å²) in [6.07, 6.45) is 0. The maximum absolute atomic E-state index is 12.7. The molecule has 2 aromatic carbocycles. The Bertz CT molecular complexity index is 944. The van der Waals surface area contributed by atoms with Gasteiger partial charge in [-0.2, -0.15) is 0 Å². The van der Waals surface area contributed by atoms with E-state index in [9.17, 15) is 13.2 Å². The van der Waals surface area contributed by atoms with Gasteiger partial charge >= 0.3 is 0 Å². The van der Waals surface area contributed by atoms with E-state index in [-0.39, 0.29) is 22.2 Å². The average molecular weight is 399 g/mol. The van der Waals surface area contributed by atoms with Crippen LogP contribution < -0.4 is 19.5 Å². The van der Waals surface area contributed by atoms with Gasteiger partial charge in [0.25, 0.3) is 10.0 Å². The summed E-state index contributed by atoms with van der Waals surface area (Å²) in [5.74, 6) is 0.228. The van der Waals surface area contributed by atoms with E-state index in [0.29, 0.717) is 22.0 Å². The molecule has 1 amide bonds. The lowest BCUT2D eigenvalue weighted by atomic mass is 10.2. The van der Waals surface area contributed by atoms with Gasteiger partial charge in [0.05, 0.1) is 30.5 Å². The van der Waals surface area contributed by atoms with Crippen molar-refractivity contribution in [3.05, 3.63) is 40.9 Å². The quantitative estimate of drug-likeness (QED) is 0.777. The number of rotatable bonds is 6. The zero-order valence-electron chi connectivity index (χ0n) is 14.7. The van der Waals surface area contributed by atoms with Gasteiger partial charge in [-0.1, -0.05) is 11.6 Å². The van der Waals surface area contributed by atoms with Gasteiger partial charge in [0.15, 0.2) is 0 Å². The highest BCUT2D eigenvalue weighted by atomic mass is 35.5. The number of benzene rings is 2. The highest BCUT2D eigenvalue weighted by molar-refractivity contribution is 7.92. The Labute approximate surface area is 157 Å². The molecule has 0 spiro atoms. The molecule has 9 heteroatoms. The molecule has 2 rings (SSSR count). The lowest BCUT2D eigenvalue weighted by Gasteiger charge is -2.15. The summed E-state index contributed by atoms with van der Waals surface area (Å²) in [7, 11) is -1.11. The minimum Gasteiger partial charge on any atom is -0.495 e. The number of halogens is 1. The molecule has 0 aromatic heterocycles. The maximum atomic E-state index is 12.7. The van der Waals surface area contributed by atoms with Gasteiger partial charge in [-0.15, -0.1) is 0 Å². The number of hydrogen-bond acceptors (Lipinski definition) is 5. The number of methoxy groups -OCH3 is 2. The number of nitrogens with one attached hydrogen (secondary N) is 2. The number of carbonyl (C=O) groups excluding carboxylic acids is 1. The van der Waals surface area contributed by atoms with Gasteiger partial charge in [-0.05, 0) is 30.7 Å². The Morgan fingerprint density at radius 3 is 2.23 bits per heavy atom. The molecule has 0 aliphatic rings. The zero-order valence-corrected chi connectivity index (χ0v) is 16.3. The number of sulfonamides is 1. The number of carbonyl (C=O) groups is 1. The average Bonchev–Trinajstić information content (AvgIpc) is 2.57. The normalized spacial score (nSPS) is 11.0. The largest absolute Gasteiger partial charge is 0.495 e. The third-order valence-electron chi connectivity index (χ3n) is 3.52. The molecule has 26 heavy (non-hydrogen) atoms. The fourth-order valence-electron chi connectivity index (χ4n) is 2.25. The zero-order chi connectivity index (χ0) is 19.5. The Morgan fingerprint density at radius 2 is 1.65 bits per heavy atom. The Kier molecular flexibility index (Phi) is 5.99. The van der Waals surface area contributed by atoms with Crippen molar-refractivity contribution in [1.82, 2.24) is 0 Å². The van der Waals surface area contributed by atoms with E-state index in [0.717, 1.165) is 0 Å². The van der Waals surface area contributed by atoms with Crippen LogP contribution in [0.5, 0.6) is 11.5 Å². The number of aryl methyl sites for hydroxylation is 1. The van der Waals surface area contributed by atoms with Crippen LogP contribution in [-0.2, 0) is 14.8 Å². The van der Waals surface area contributed by atoms with E-state index >= 15 is 0 Å². The van der Waals surface area contributed by atoms with Crippen LogP contribution in [0.2, 0.25) is 5.02 Å². The Morgan fingerprint density at radius 1 is 1.04 bits per heavy atom. The number of ether oxygens (including phenoxy) is 2. The third kappa shape index (κ3) is 4.39. The molecule has 0 unspecified atom stereocenters. The molecule has 0 aliphatic carbocycles. The summed E-state index contributed by atoms with van der Waals surface area (Å²) >= 11 is 6.04. The topological polar surface area (TPSA) is 93.7 Å². The monoisotopic (exact) mass is 398 g/mol. The summed E-state index contributed by atoms with van der Waals surface area (Å²) in [6, 6.07) is 7.27. The van der Waals surface area contributed by atoms with Gasteiger partial charge in [0.2, 0.25) is 5.91 Å². The van der Waals surface area contributed by atoms with Crippen molar-refractivity contribution in [2.45, 2.75) is 18.7 Å². The number of anilines is 2. The molecule has 0 bridgehead atoms. The molecule has 0 heterocycles.